The first kappa shape index (κ1) is 22.3. The average Bonchev–Trinajstić information content (AvgIpc) is 3.07. The normalized spacial score (nSPS) is 12.5. The fourth-order valence-electron chi connectivity index (χ4n) is 4.71. The van der Waals surface area contributed by atoms with Crippen molar-refractivity contribution in [1.29, 1.82) is 0 Å². The van der Waals surface area contributed by atoms with Gasteiger partial charge in [0.15, 0.2) is 0 Å². The Hall–Kier alpha value is -1.43. The van der Waals surface area contributed by atoms with Crippen LogP contribution in [0.5, 0.6) is 5.88 Å². The van der Waals surface area contributed by atoms with Crippen molar-refractivity contribution in [2.24, 2.45) is 0 Å². The first-order chi connectivity index (χ1) is 13.7. The molecule has 6 heteroatoms. The van der Waals surface area contributed by atoms with Crippen LogP contribution in [0.25, 0.3) is 21.3 Å². The predicted molar refractivity (Wildman–Crippen MR) is 129 cm³/mol. The number of hydrogen-bond donors (Lipinski definition) is 0. The highest BCUT2D eigenvalue weighted by atomic mass is 35.5. The number of fused-ring (bicyclic) bond motifs is 1. The highest BCUT2D eigenvalue weighted by Gasteiger charge is 2.47. The van der Waals surface area contributed by atoms with Gasteiger partial charge in [-0.15, -0.1) is 0 Å². The van der Waals surface area contributed by atoms with Crippen molar-refractivity contribution in [1.82, 2.24) is 9.36 Å². The molecule has 3 nitrogen and oxygen atoms in total. The zero-order valence-corrected chi connectivity index (χ0v) is 21.0. The van der Waals surface area contributed by atoms with Crippen molar-refractivity contribution in [3.8, 4) is 17.1 Å². The summed E-state index contributed by atoms with van der Waals surface area (Å²) in [6.07, 6.45) is 2.84. The van der Waals surface area contributed by atoms with Gasteiger partial charge in [0.05, 0.1) is 15.8 Å². The Balaban J connectivity index is 2.12. The van der Waals surface area contributed by atoms with Crippen molar-refractivity contribution in [3.05, 3.63) is 41.0 Å². The maximum absolute atomic E-state index is 6.88. The molecular formula is C23H31ClN2OSSi. The third-order valence-electron chi connectivity index (χ3n) is 6.03. The van der Waals surface area contributed by atoms with Crippen LogP contribution in [-0.2, 0) is 6.42 Å². The van der Waals surface area contributed by atoms with Crippen LogP contribution in [-0.4, -0.2) is 17.7 Å². The van der Waals surface area contributed by atoms with Crippen LogP contribution in [0.2, 0.25) is 21.6 Å². The summed E-state index contributed by atoms with van der Waals surface area (Å²) in [5.41, 5.74) is 4.83. The molecule has 0 aliphatic rings. The lowest BCUT2D eigenvalue weighted by atomic mass is 10.0. The van der Waals surface area contributed by atoms with Crippen molar-refractivity contribution in [3.63, 3.8) is 0 Å². The first-order valence-corrected chi connectivity index (χ1v) is 13.7. The molecule has 2 aromatic heterocycles. The minimum Gasteiger partial charge on any atom is -0.529 e. The second-order valence-electron chi connectivity index (χ2n) is 8.60. The molecule has 3 rings (SSSR count). The first-order valence-electron chi connectivity index (χ1n) is 10.4. The summed E-state index contributed by atoms with van der Waals surface area (Å²) in [7, 11) is -2.06. The zero-order chi connectivity index (χ0) is 21.3. The van der Waals surface area contributed by atoms with E-state index >= 15 is 0 Å². The van der Waals surface area contributed by atoms with Crippen molar-refractivity contribution < 1.29 is 4.43 Å². The van der Waals surface area contributed by atoms with Crippen LogP contribution in [0.15, 0.2) is 30.5 Å². The van der Waals surface area contributed by atoms with Crippen molar-refractivity contribution in [2.45, 2.75) is 71.5 Å². The third-order valence-corrected chi connectivity index (χ3v) is 13.1. The fraction of sp³-hybridized carbons (Fsp3) is 0.478. The number of aryl methyl sites for hydroxylation is 1. The van der Waals surface area contributed by atoms with Gasteiger partial charge < -0.3 is 4.43 Å². The minimum atomic E-state index is -2.06. The van der Waals surface area contributed by atoms with E-state index < -0.39 is 8.32 Å². The molecule has 1 aromatic carbocycles. The average molecular weight is 447 g/mol. The summed E-state index contributed by atoms with van der Waals surface area (Å²) in [6, 6.07) is 7.89. The Morgan fingerprint density at radius 3 is 2.10 bits per heavy atom. The van der Waals surface area contributed by atoms with Crippen LogP contribution < -0.4 is 4.43 Å². The topological polar surface area (TPSA) is 35.0 Å². The molecule has 0 radical (unpaired) electrons. The SMILES string of the molecule is CCc1c(-c2ccc(Cl)cc2)ncc2c(O[Si](C(C)C)(C(C)C)C(C)C)nsc12. The Kier molecular flexibility index (Phi) is 6.71. The van der Waals surface area contributed by atoms with Gasteiger partial charge in [-0.25, -0.2) is 0 Å². The smallest absolute Gasteiger partial charge is 0.260 e. The number of rotatable bonds is 7. The largest absolute Gasteiger partial charge is 0.529 e. The van der Waals surface area contributed by atoms with Crippen LogP contribution in [0.4, 0.5) is 0 Å². The number of pyridine rings is 1. The molecule has 3 aromatic rings. The van der Waals surface area contributed by atoms with Gasteiger partial charge in [-0.3, -0.25) is 4.98 Å². The molecule has 156 valence electrons. The van der Waals surface area contributed by atoms with Gasteiger partial charge >= 0.3 is 0 Å². The summed E-state index contributed by atoms with van der Waals surface area (Å²) < 4.78 is 12.8. The summed E-state index contributed by atoms with van der Waals surface area (Å²) >= 11 is 7.60. The molecule has 0 atom stereocenters. The second kappa shape index (κ2) is 8.74. The Morgan fingerprint density at radius 2 is 1.59 bits per heavy atom. The van der Waals surface area contributed by atoms with E-state index in [4.69, 9.17) is 25.4 Å². The summed E-state index contributed by atoms with van der Waals surface area (Å²) in [6.45, 7) is 16.0. The maximum atomic E-state index is 6.88. The molecular weight excluding hydrogens is 416 g/mol. The van der Waals surface area contributed by atoms with E-state index in [2.05, 4.69) is 48.5 Å². The summed E-state index contributed by atoms with van der Waals surface area (Å²) in [5, 5.41) is 1.78. The zero-order valence-electron chi connectivity index (χ0n) is 18.4. The molecule has 0 saturated heterocycles. The Morgan fingerprint density at radius 1 is 1.00 bits per heavy atom. The van der Waals surface area contributed by atoms with E-state index in [-0.39, 0.29) is 0 Å². The van der Waals surface area contributed by atoms with E-state index in [1.165, 1.54) is 21.8 Å². The molecule has 0 fully saturated rings. The lowest BCUT2D eigenvalue weighted by Crippen LogP contribution is -2.50. The predicted octanol–water partition coefficient (Wildman–Crippen LogP) is 8.13. The van der Waals surface area contributed by atoms with Gasteiger partial charge in [-0.05, 0) is 52.3 Å². The van der Waals surface area contributed by atoms with Crippen molar-refractivity contribution >= 4 is 41.5 Å². The van der Waals surface area contributed by atoms with E-state index in [0.29, 0.717) is 16.6 Å². The minimum absolute atomic E-state index is 0.506. The number of hydrogen-bond acceptors (Lipinski definition) is 4. The number of aromatic nitrogens is 2. The number of nitrogens with zero attached hydrogens (tertiary/aromatic N) is 2. The van der Waals surface area contributed by atoms with E-state index in [9.17, 15) is 0 Å². The molecule has 2 heterocycles. The fourth-order valence-corrected chi connectivity index (χ4v) is 11.0. The molecule has 0 spiro atoms. The third kappa shape index (κ3) is 3.97. The molecule has 29 heavy (non-hydrogen) atoms. The highest BCUT2D eigenvalue weighted by Crippen LogP contribution is 2.45. The van der Waals surface area contributed by atoms with Gasteiger partial charge in [0.25, 0.3) is 8.32 Å². The van der Waals surface area contributed by atoms with Gasteiger partial charge in [0, 0.05) is 16.8 Å². The second-order valence-corrected chi connectivity index (χ2v) is 15.2. The van der Waals surface area contributed by atoms with Crippen LogP contribution in [0, 0.1) is 0 Å². The Bertz CT molecular complexity index is 961. The maximum Gasteiger partial charge on any atom is 0.260 e. The molecule has 0 bridgehead atoms. The lowest BCUT2D eigenvalue weighted by molar-refractivity contribution is 0.473. The molecule has 0 saturated carbocycles. The van der Waals surface area contributed by atoms with E-state index in [0.717, 1.165) is 34.0 Å². The van der Waals surface area contributed by atoms with Gasteiger partial charge in [-0.1, -0.05) is 72.2 Å². The van der Waals surface area contributed by atoms with Gasteiger partial charge in [-0.2, -0.15) is 4.37 Å². The van der Waals surface area contributed by atoms with Crippen LogP contribution in [0.1, 0.15) is 54.0 Å². The van der Waals surface area contributed by atoms with Gasteiger partial charge in [0.2, 0.25) is 5.88 Å². The van der Waals surface area contributed by atoms with E-state index in [1.807, 2.05) is 30.5 Å². The molecule has 0 unspecified atom stereocenters. The lowest BCUT2D eigenvalue weighted by Gasteiger charge is -2.41. The monoisotopic (exact) mass is 446 g/mol. The number of halogens is 1. The quantitative estimate of drug-likeness (QED) is 0.343. The Labute approximate surface area is 184 Å². The van der Waals surface area contributed by atoms with Crippen molar-refractivity contribution in [2.75, 3.05) is 0 Å². The summed E-state index contributed by atoms with van der Waals surface area (Å²) in [4.78, 5) is 4.83. The summed E-state index contributed by atoms with van der Waals surface area (Å²) in [5.74, 6) is 0.776. The highest BCUT2D eigenvalue weighted by molar-refractivity contribution is 7.13. The van der Waals surface area contributed by atoms with Crippen LogP contribution in [0.3, 0.4) is 0 Å². The molecule has 0 aliphatic heterocycles. The molecule has 0 N–H and O–H groups in total. The number of benzene rings is 1. The molecule has 0 amide bonds. The van der Waals surface area contributed by atoms with Crippen LogP contribution >= 0.6 is 23.1 Å². The molecule has 0 aliphatic carbocycles. The van der Waals surface area contributed by atoms with E-state index in [1.54, 1.807) is 0 Å². The standard InChI is InChI=1S/C23H31ClN2OSSi/c1-8-19-21(17-9-11-18(24)12-10-17)25-13-20-22(19)28-26-23(20)27-29(14(2)3,15(4)5)16(6)7/h9-16H,8H2,1-7H3. The van der Waals surface area contributed by atoms with Gasteiger partial charge in [0.1, 0.15) is 0 Å².